The predicted molar refractivity (Wildman–Crippen MR) is 71.2 cm³/mol. The Morgan fingerprint density at radius 2 is 1.12 bits per heavy atom. The van der Waals surface area contributed by atoms with E-state index in [-0.39, 0.29) is 0 Å². The number of rotatable bonds is 4. The van der Waals surface area contributed by atoms with Gasteiger partial charge in [0.2, 0.25) is 0 Å². The minimum absolute atomic E-state index is 1.16. The average Bonchev–Trinajstić information content (AvgIpc) is 2.31. The van der Waals surface area contributed by atoms with Crippen molar-refractivity contribution in [3.8, 4) is 0 Å². The molecule has 2 heteroatoms. The van der Waals surface area contributed by atoms with Crippen LogP contribution in [0.5, 0.6) is 0 Å². The van der Waals surface area contributed by atoms with Gasteiger partial charge in [-0.2, -0.15) is 0 Å². The van der Waals surface area contributed by atoms with E-state index in [1.807, 2.05) is 0 Å². The summed E-state index contributed by atoms with van der Waals surface area (Å²) >= 11 is 0. The molecular weight excluding hydrogens is 196 g/mol. The van der Waals surface area contributed by atoms with E-state index < -0.39 is 0 Å². The maximum atomic E-state index is 2.45. The van der Waals surface area contributed by atoms with Gasteiger partial charge in [-0.05, 0) is 39.1 Å². The van der Waals surface area contributed by atoms with Gasteiger partial charge in [0.1, 0.15) is 0 Å². The van der Waals surface area contributed by atoms with Crippen LogP contribution in [-0.4, -0.2) is 36.0 Å². The van der Waals surface area contributed by atoms with Crippen molar-refractivity contribution >= 4 is 0 Å². The molecule has 0 spiro atoms. The van der Waals surface area contributed by atoms with Crippen molar-refractivity contribution in [3.05, 3.63) is 23.5 Å². The quantitative estimate of drug-likeness (QED) is 0.720. The molecule has 0 aromatic carbocycles. The minimum atomic E-state index is 1.16. The maximum Gasteiger partial charge on any atom is 0.0349 e. The van der Waals surface area contributed by atoms with Crippen molar-refractivity contribution < 1.29 is 0 Å². The van der Waals surface area contributed by atoms with Gasteiger partial charge < -0.3 is 9.80 Å². The van der Waals surface area contributed by atoms with Gasteiger partial charge in [-0.3, -0.25) is 0 Å². The van der Waals surface area contributed by atoms with Crippen LogP contribution >= 0.6 is 0 Å². The molecule has 0 aliphatic carbocycles. The van der Waals surface area contributed by atoms with Crippen LogP contribution < -0.4 is 0 Å². The molecule has 1 aliphatic heterocycles. The average molecular weight is 222 g/mol. The summed E-state index contributed by atoms with van der Waals surface area (Å²) in [6, 6.07) is 0. The van der Waals surface area contributed by atoms with Crippen LogP contribution in [0.4, 0.5) is 0 Å². The zero-order valence-electron chi connectivity index (χ0n) is 11.3. The van der Waals surface area contributed by atoms with Gasteiger partial charge in [-0.25, -0.2) is 0 Å². The fourth-order valence-electron chi connectivity index (χ4n) is 1.80. The Kier molecular flexibility index (Phi) is 5.44. The highest BCUT2D eigenvalue weighted by Gasteiger charge is 2.11. The SMILES string of the molecule is CCC(C)=CN1CCN(C=C(C)CC)CC1. The lowest BCUT2D eigenvalue weighted by atomic mass is 10.2. The number of allylic oxidation sites excluding steroid dienone is 2. The molecule has 0 atom stereocenters. The Labute approximate surface area is 101 Å². The molecule has 0 aromatic rings. The maximum absolute atomic E-state index is 2.45. The Morgan fingerprint density at radius 3 is 1.38 bits per heavy atom. The molecule has 1 aliphatic rings. The normalized spacial score (nSPS) is 19.2. The van der Waals surface area contributed by atoms with E-state index >= 15 is 0 Å². The predicted octanol–water partition coefficient (Wildman–Crippen LogP) is 3.23. The fraction of sp³-hybridized carbons (Fsp3) is 0.714. The van der Waals surface area contributed by atoms with Gasteiger partial charge >= 0.3 is 0 Å². The molecule has 0 radical (unpaired) electrons. The fourth-order valence-corrected chi connectivity index (χ4v) is 1.80. The monoisotopic (exact) mass is 222 g/mol. The summed E-state index contributed by atoms with van der Waals surface area (Å²) in [7, 11) is 0. The molecule has 2 nitrogen and oxygen atoms in total. The van der Waals surface area contributed by atoms with E-state index in [2.05, 4.69) is 49.9 Å². The number of nitrogens with zero attached hydrogens (tertiary/aromatic N) is 2. The van der Waals surface area contributed by atoms with Gasteiger partial charge in [0, 0.05) is 26.2 Å². The molecule has 0 N–H and O–H groups in total. The van der Waals surface area contributed by atoms with Gasteiger partial charge in [-0.1, -0.05) is 25.0 Å². The molecule has 0 bridgehead atoms. The largest absolute Gasteiger partial charge is 0.374 e. The lowest BCUT2D eigenvalue weighted by Crippen LogP contribution is -2.41. The van der Waals surface area contributed by atoms with Crippen molar-refractivity contribution in [1.82, 2.24) is 9.80 Å². The van der Waals surface area contributed by atoms with Crippen LogP contribution in [0.2, 0.25) is 0 Å². The van der Waals surface area contributed by atoms with Crippen molar-refractivity contribution in [2.75, 3.05) is 26.2 Å². The first-order valence-electron chi connectivity index (χ1n) is 6.48. The van der Waals surface area contributed by atoms with Crippen LogP contribution in [-0.2, 0) is 0 Å². The minimum Gasteiger partial charge on any atom is -0.374 e. The molecular formula is C14H26N2. The van der Waals surface area contributed by atoms with Crippen molar-refractivity contribution in [2.45, 2.75) is 40.5 Å². The summed E-state index contributed by atoms with van der Waals surface area (Å²) in [6.07, 6.45) is 6.98. The lowest BCUT2D eigenvalue weighted by molar-refractivity contribution is 0.216. The van der Waals surface area contributed by atoms with E-state index in [4.69, 9.17) is 0 Å². The summed E-state index contributed by atoms with van der Waals surface area (Å²) < 4.78 is 0. The Morgan fingerprint density at radius 1 is 0.812 bits per heavy atom. The van der Waals surface area contributed by atoms with Gasteiger partial charge in [0.25, 0.3) is 0 Å². The summed E-state index contributed by atoms with van der Waals surface area (Å²) in [5, 5.41) is 0. The molecule has 0 unspecified atom stereocenters. The van der Waals surface area contributed by atoms with E-state index in [1.165, 1.54) is 11.1 Å². The first-order valence-corrected chi connectivity index (χ1v) is 6.48. The van der Waals surface area contributed by atoms with Crippen LogP contribution in [0, 0.1) is 0 Å². The first kappa shape index (κ1) is 13.1. The zero-order chi connectivity index (χ0) is 12.0. The smallest absolute Gasteiger partial charge is 0.0349 e. The highest BCUT2D eigenvalue weighted by Crippen LogP contribution is 2.09. The molecule has 1 heterocycles. The summed E-state index contributed by atoms with van der Waals surface area (Å²) in [5.74, 6) is 0. The number of hydrogen-bond acceptors (Lipinski definition) is 2. The van der Waals surface area contributed by atoms with Gasteiger partial charge in [0.05, 0.1) is 0 Å². The van der Waals surface area contributed by atoms with Crippen molar-refractivity contribution in [1.29, 1.82) is 0 Å². The van der Waals surface area contributed by atoms with Crippen molar-refractivity contribution in [3.63, 3.8) is 0 Å². The molecule has 92 valence electrons. The summed E-state index contributed by atoms with van der Waals surface area (Å²) in [4.78, 5) is 4.90. The zero-order valence-corrected chi connectivity index (χ0v) is 11.3. The molecule has 0 saturated carbocycles. The number of piperazine rings is 1. The van der Waals surface area contributed by atoms with Crippen molar-refractivity contribution in [2.24, 2.45) is 0 Å². The van der Waals surface area contributed by atoms with E-state index in [0.717, 1.165) is 39.0 Å². The Bertz CT molecular complexity index is 230. The van der Waals surface area contributed by atoms with Crippen LogP contribution in [0.1, 0.15) is 40.5 Å². The van der Waals surface area contributed by atoms with Crippen LogP contribution in [0.3, 0.4) is 0 Å². The summed E-state index contributed by atoms with van der Waals surface area (Å²) in [5.41, 5.74) is 2.96. The van der Waals surface area contributed by atoms with E-state index in [9.17, 15) is 0 Å². The Balaban J connectivity index is 2.40. The third-order valence-corrected chi connectivity index (χ3v) is 3.27. The van der Waals surface area contributed by atoms with E-state index in [0.29, 0.717) is 0 Å². The van der Waals surface area contributed by atoms with Gasteiger partial charge in [0.15, 0.2) is 0 Å². The van der Waals surface area contributed by atoms with Crippen LogP contribution in [0.25, 0.3) is 0 Å². The molecule has 16 heavy (non-hydrogen) atoms. The second kappa shape index (κ2) is 6.62. The summed E-state index contributed by atoms with van der Waals surface area (Å²) in [6.45, 7) is 13.5. The molecule has 1 fully saturated rings. The standard InChI is InChI=1S/C14H26N2/c1-5-13(3)11-15-7-9-16(10-8-15)12-14(4)6-2/h11-12H,5-10H2,1-4H3. The topological polar surface area (TPSA) is 6.48 Å². The lowest BCUT2D eigenvalue weighted by Gasteiger charge is -2.34. The highest BCUT2D eigenvalue weighted by atomic mass is 15.2. The third-order valence-electron chi connectivity index (χ3n) is 3.27. The van der Waals surface area contributed by atoms with Gasteiger partial charge in [-0.15, -0.1) is 0 Å². The molecule has 1 saturated heterocycles. The highest BCUT2D eigenvalue weighted by molar-refractivity contribution is 5.00. The van der Waals surface area contributed by atoms with Crippen LogP contribution in [0.15, 0.2) is 23.5 Å². The second-order valence-corrected chi connectivity index (χ2v) is 4.73. The third kappa shape index (κ3) is 4.30. The Hall–Kier alpha value is -0.920. The second-order valence-electron chi connectivity index (χ2n) is 4.73. The first-order chi connectivity index (χ1) is 7.65. The molecule has 1 rings (SSSR count). The number of hydrogen-bond donors (Lipinski definition) is 0. The molecule has 0 amide bonds. The molecule has 0 aromatic heterocycles. The van der Waals surface area contributed by atoms with E-state index in [1.54, 1.807) is 0 Å².